The first-order valence-electron chi connectivity index (χ1n) is 6.11. The van der Waals surface area contributed by atoms with E-state index in [1.165, 1.54) is 7.11 Å². The van der Waals surface area contributed by atoms with E-state index in [-0.39, 0.29) is 35.5 Å². The van der Waals surface area contributed by atoms with Crippen molar-refractivity contribution >= 4 is 11.9 Å². The van der Waals surface area contributed by atoms with Gasteiger partial charge in [-0.05, 0) is 32.1 Å². The van der Waals surface area contributed by atoms with Crippen molar-refractivity contribution < 1.29 is 19.1 Å². The van der Waals surface area contributed by atoms with Crippen molar-refractivity contribution in [3.05, 3.63) is 0 Å². The topological polar surface area (TPSA) is 67.9 Å². The molecule has 5 heteroatoms. The molecule has 0 bridgehead atoms. The van der Waals surface area contributed by atoms with E-state index in [2.05, 4.69) is 5.32 Å². The van der Waals surface area contributed by atoms with E-state index >= 15 is 0 Å². The Labute approximate surface area is 99.8 Å². The second-order valence-electron chi connectivity index (χ2n) is 5.46. The lowest BCUT2D eigenvalue weighted by atomic mass is 10.0. The summed E-state index contributed by atoms with van der Waals surface area (Å²) in [5.74, 6) is 0.247. The first-order chi connectivity index (χ1) is 8.06. The third-order valence-corrected chi connectivity index (χ3v) is 4.32. The quantitative estimate of drug-likeness (QED) is 0.565. The van der Waals surface area contributed by atoms with Crippen LogP contribution in [0.1, 0.15) is 26.2 Å². The molecule has 3 aliphatic rings. The summed E-state index contributed by atoms with van der Waals surface area (Å²) in [5, 5.41) is 2.96. The maximum absolute atomic E-state index is 11.7. The highest BCUT2D eigenvalue weighted by Crippen LogP contribution is 2.64. The fraction of sp³-hybridized carbons (Fsp3) is 0.833. The number of fused-ring (bicyclic) bond motifs is 1. The maximum atomic E-state index is 11.7. The molecular weight excluding hydrogens is 222 g/mol. The number of hydrogen-bond acceptors (Lipinski definition) is 4. The number of esters is 1. The Balaban J connectivity index is 1.55. The second-order valence-corrected chi connectivity index (χ2v) is 5.46. The lowest BCUT2D eigenvalue weighted by molar-refractivity contribution is -0.147. The van der Waals surface area contributed by atoms with Crippen LogP contribution in [0.25, 0.3) is 0 Å². The Morgan fingerprint density at radius 1 is 1.41 bits per heavy atom. The summed E-state index contributed by atoms with van der Waals surface area (Å²) in [6.07, 6.45) is 2.29. The SMILES string of the molecule is COC(=O)[C@@]12C[C@@H](NC(=O)[C@@H]3O[C@H]3C)C[C@@H]1C2. The number of hydrogen-bond donors (Lipinski definition) is 1. The number of amides is 1. The molecule has 17 heavy (non-hydrogen) atoms. The Kier molecular flexibility index (Phi) is 2.23. The predicted octanol–water partition coefficient (Wildman–Crippen LogP) is 0.232. The van der Waals surface area contributed by atoms with Gasteiger partial charge in [-0.25, -0.2) is 0 Å². The Morgan fingerprint density at radius 2 is 2.12 bits per heavy atom. The molecule has 1 N–H and O–H groups in total. The molecule has 0 aromatic carbocycles. The van der Waals surface area contributed by atoms with Gasteiger partial charge in [-0.15, -0.1) is 0 Å². The molecule has 0 spiro atoms. The molecule has 5 atom stereocenters. The van der Waals surface area contributed by atoms with Crippen molar-refractivity contribution in [3.8, 4) is 0 Å². The first kappa shape index (κ1) is 11.0. The Morgan fingerprint density at radius 3 is 2.71 bits per heavy atom. The maximum Gasteiger partial charge on any atom is 0.312 e. The minimum Gasteiger partial charge on any atom is -0.469 e. The fourth-order valence-electron chi connectivity index (χ4n) is 3.20. The van der Waals surface area contributed by atoms with Crippen LogP contribution in [0.3, 0.4) is 0 Å². The average molecular weight is 239 g/mol. The number of carbonyl (C=O) groups excluding carboxylic acids is 2. The standard InChI is InChI=1S/C12H17NO4/c1-6-9(17-6)10(14)13-8-3-7-4-12(7,5-8)11(15)16-2/h6-9H,3-5H2,1-2H3,(H,13,14)/t6-,7+,8-,9+,12-/m0/s1. The van der Waals surface area contributed by atoms with Crippen LogP contribution in [0.4, 0.5) is 0 Å². The molecule has 1 heterocycles. The number of nitrogens with one attached hydrogen (secondary N) is 1. The zero-order chi connectivity index (χ0) is 12.2. The van der Waals surface area contributed by atoms with Crippen LogP contribution in [0.2, 0.25) is 0 Å². The number of ether oxygens (including phenoxy) is 2. The highest BCUT2D eigenvalue weighted by Gasteiger charge is 2.66. The van der Waals surface area contributed by atoms with Gasteiger partial charge in [0.2, 0.25) is 0 Å². The van der Waals surface area contributed by atoms with Gasteiger partial charge in [0, 0.05) is 6.04 Å². The molecule has 0 unspecified atom stereocenters. The zero-order valence-electron chi connectivity index (χ0n) is 10.1. The molecule has 0 aromatic heterocycles. The van der Waals surface area contributed by atoms with Gasteiger partial charge in [-0.3, -0.25) is 9.59 Å². The van der Waals surface area contributed by atoms with Gasteiger partial charge in [-0.2, -0.15) is 0 Å². The van der Waals surface area contributed by atoms with Gasteiger partial charge >= 0.3 is 5.97 Å². The lowest BCUT2D eigenvalue weighted by Crippen LogP contribution is -2.38. The normalized spacial score (nSPS) is 46.0. The molecule has 3 rings (SSSR count). The summed E-state index contributed by atoms with van der Waals surface area (Å²) < 4.78 is 9.95. The summed E-state index contributed by atoms with van der Waals surface area (Å²) >= 11 is 0. The smallest absolute Gasteiger partial charge is 0.312 e. The summed E-state index contributed by atoms with van der Waals surface area (Å²) in [4.78, 5) is 23.3. The largest absolute Gasteiger partial charge is 0.469 e. The summed E-state index contributed by atoms with van der Waals surface area (Å²) in [6.45, 7) is 1.88. The van der Waals surface area contributed by atoms with Gasteiger partial charge in [0.05, 0.1) is 18.6 Å². The van der Waals surface area contributed by atoms with Crippen molar-refractivity contribution in [1.29, 1.82) is 0 Å². The number of rotatable bonds is 3. The molecule has 1 aliphatic heterocycles. The van der Waals surface area contributed by atoms with Gasteiger partial charge in [0.25, 0.3) is 5.91 Å². The molecule has 0 radical (unpaired) electrons. The molecule has 94 valence electrons. The third kappa shape index (κ3) is 1.64. The predicted molar refractivity (Wildman–Crippen MR) is 58.1 cm³/mol. The molecule has 2 saturated carbocycles. The molecule has 1 saturated heterocycles. The fourth-order valence-corrected chi connectivity index (χ4v) is 3.20. The van der Waals surface area contributed by atoms with Gasteiger partial charge in [-0.1, -0.05) is 0 Å². The monoisotopic (exact) mass is 239 g/mol. The Bertz CT molecular complexity index is 383. The summed E-state index contributed by atoms with van der Waals surface area (Å²) in [5.41, 5.74) is -0.289. The van der Waals surface area contributed by atoms with Gasteiger partial charge in [0.15, 0.2) is 6.10 Å². The van der Waals surface area contributed by atoms with E-state index in [0.29, 0.717) is 5.92 Å². The summed E-state index contributed by atoms with van der Waals surface area (Å²) in [7, 11) is 1.43. The third-order valence-electron chi connectivity index (χ3n) is 4.32. The second kappa shape index (κ2) is 3.45. The first-order valence-corrected chi connectivity index (χ1v) is 6.11. The minimum absolute atomic E-state index is 0.0381. The number of methoxy groups -OCH3 is 1. The van der Waals surface area contributed by atoms with Crippen LogP contribution in [0, 0.1) is 11.3 Å². The van der Waals surface area contributed by atoms with Crippen LogP contribution in [-0.4, -0.2) is 37.2 Å². The van der Waals surface area contributed by atoms with E-state index in [4.69, 9.17) is 9.47 Å². The van der Waals surface area contributed by atoms with Crippen molar-refractivity contribution in [2.24, 2.45) is 11.3 Å². The van der Waals surface area contributed by atoms with Gasteiger partial charge in [0.1, 0.15) is 0 Å². The molecule has 3 fully saturated rings. The van der Waals surface area contributed by atoms with Crippen molar-refractivity contribution in [3.63, 3.8) is 0 Å². The molecule has 1 amide bonds. The molecular formula is C12H17NO4. The van der Waals surface area contributed by atoms with Crippen LogP contribution >= 0.6 is 0 Å². The van der Waals surface area contributed by atoms with E-state index < -0.39 is 0 Å². The zero-order valence-corrected chi connectivity index (χ0v) is 10.1. The highest BCUT2D eigenvalue weighted by atomic mass is 16.6. The highest BCUT2D eigenvalue weighted by molar-refractivity contribution is 5.85. The van der Waals surface area contributed by atoms with Crippen LogP contribution in [0.5, 0.6) is 0 Å². The van der Waals surface area contributed by atoms with Crippen LogP contribution < -0.4 is 5.32 Å². The van der Waals surface area contributed by atoms with Crippen molar-refractivity contribution in [1.82, 2.24) is 5.32 Å². The van der Waals surface area contributed by atoms with Gasteiger partial charge < -0.3 is 14.8 Å². The van der Waals surface area contributed by atoms with E-state index in [1.807, 2.05) is 6.92 Å². The Hall–Kier alpha value is -1.10. The summed E-state index contributed by atoms with van der Waals surface area (Å²) in [6, 6.07) is 0.108. The number of carbonyl (C=O) groups is 2. The number of epoxide rings is 1. The molecule has 5 nitrogen and oxygen atoms in total. The van der Waals surface area contributed by atoms with E-state index in [9.17, 15) is 9.59 Å². The molecule has 0 aromatic rings. The minimum atomic E-state index is -0.289. The van der Waals surface area contributed by atoms with E-state index in [1.54, 1.807) is 0 Å². The van der Waals surface area contributed by atoms with Crippen LogP contribution in [0.15, 0.2) is 0 Å². The van der Waals surface area contributed by atoms with Crippen molar-refractivity contribution in [2.45, 2.75) is 44.4 Å². The lowest BCUT2D eigenvalue weighted by Gasteiger charge is -2.16. The van der Waals surface area contributed by atoms with Crippen LogP contribution in [-0.2, 0) is 19.1 Å². The average Bonchev–Trinajstić information content (AvgIpc) is 3.16. The van der Waals surface area contributed by atoms with Crippen molar-refractivity contribution in [2.75, 3.05) is 7.11 Å². The molecule has 2 aliphatic carbocycles. The van der Waals surface area contributed by atoms with E-state index in [0.717, 1.165) is 19.3 Å².